The molecule has 0 aliphatic heterocycles. The van der Waals surface area contributed by atoms with Crippen LogP contribution in [0.2, 0.25) is 0 Å². The van der Waals surface area contributed by atoms with Crippen molar-refractivity contribution in [2.45, 2.75) is 39.0 Å². The third-order valence-corrected chi connectivity index (χ3v) is 6.04. The van der Waals surface area contributed by atoms with Gasteiger partial charge in [-0.2, -0.15) is 0 Å². The molecule has 0 aliphatic carbocycles. The lowest BCUT2D eigenvalue weighted by Crippen LogP contribution is -2.08. The molecule has 1 aromatic heterocycles. The molecule has 90 valence electrons. The summed E-state index contributed by atoms with van der Waals surface area (Å²) in [5.74, 6) is 0. The number of aromatic amines is 1. The monoisotopic (exact) mass is 238 g/mol. The quantitative estimate of drug-likeness (QED) is 0.578. The fourth-order valence-electron chi connectivity index (χ4n) is 1.87. The number of nitrogens with one attached hydrogen (secondary N) is 1. The van der Waals surface area contributed by atoms with Gasteiger partial charge in [-0.3, -0.25) is 4.99 Å². The third kappa shape index (κ3) is 4.49. The summed E-state index contributed by atoms with van der Waals surface area (Å²) in [5.41, 5.74) is 2.73. The van der Waals surface area contributed by atoms with E-state index < -0.39 is 0 Å². The largest absolute Gasteiger partial charge is 0.360 e. The maximum Gasteiger partial charge on any atom is 0.0561 e. The Morgan fingerprint density at radius 3 is 2.50 bits per heavy atom. The summed E-state index contributed by atoms with van der Waals surface area (Å²) in [7, 11) is 0.128. The van der Waals surface area contributed by atoms with Crippen molar-refractivity contribution in [1.29, 1.82) is 0 Å². The highest BCUT2D eigenvalue weighted by atomic mass is 31.1. The predicted octanol–water partition coefficient (Wildman–Crippen LogP) is 3.73. The summed E-state index contributed by atoms with van der Waals surface area (Å²) in [5, 5.41) is 0. The highest BCUT2D eigenvalue weighted by Gasteiger charge is 2.15. The van der Waals surface area contributed by atoms with Crippen molar-refractivity contribution in [2.24, 2.45) is 4.99 Å². The molecule has 2 nitrogen and oxygen atoms in total. The predicted molar refractivity (Wildman–Crippen MR) is 75.3 cm³/mol. The van der Waals surface area contributed by atoms with Gasteiger partial charge in [-0.1, -0.05) is 35.6 Å². The summed E-state index contributed by atoms with van der Waals surface area (Å²) in [4.78, 5) is 7.61. The van der Waals surface area contributed by atoms with E-state index in [1.54, 1.807) is 0 Å². The normalized spacial score (nSPS) is 12.4. The second-order valence-corrected chi connectivity index (χ2v) is 8.13. The Bertz CT molecular complexity index is 294. The van der Waals surface area contributed by atoms with E-state index in [1.807, 2.05) is 24.5 Å². The molecule has 0 spiro atoms. The SMILES string of the molecule is CC(C)P(CCN=Cc1ccc[nH]1)C(C)C. The number of hydrogen-bond acceptors (Lipinski definition) is 1. The Balaban J connectivity index is 2.33. The van der Waals surface area contributed by atoms with Crippen LogP contribution in [0.4, 0.5) is 0 Å². The van der Waals surface area contributed by atoms with Crippen LogP contribution in [0.25, 0.3) is 0 Å². The van der Waals surface area contributed by atoms with E-state index >= 15 is 0 Å². The molecule has 0 aliphatic rings. The minimum Gasteiger partial charge on any atom is -0.360 e. The molecule has 1 aromatic rings. The second kappa shape index (κ2) is 6.85. The van der Waals surface area contributed by atoms with Crippen molar-refractivity contribution >= 4 is 14.1 Å². The molecular weight excluding hydrogens is 215 g/mol. The highest BCUT2D eigenvalue weighted by molar-refractivity contribution is 7.59. The Kier molecular flexibility index (Phi) is 5.76. The van der Waals surface area contributed by atoms with Gasteiger partial charge in [0.1, 0.15) is 0 Å². The number of nitrogens with zero attached hydrogens (tertiary/aromatic N) is 1. The first-order chi connectivity index (χ1) is 7.61. The van der Waals surface area contributed by atoms with E-state index in [0.29, 0.717) is 0 Å². The lowest BCUT2D eigenvalue weighted by Gasteiger charge is -2.24. The van der Waals surface area contributed by atoms with Gasteiger partial charge < -0.3 is 4.98 Å². The van der Waals surface area contributed by atoms with Crippen LogP contribution in [0.15, 0.2) is 23.3 Å². The van der Waals surface area contributed by atoms with Crippen LogP contribution in [0.1, 0.15) is 33.4 Å². The average Bonchev–Trinajstić information content (AvgIpc) is 2.68. The maximum absolute atomic E-state index is 4.48. The zero-order valence-electron chi connectivity index (χ0n) is 10.8. The van der Waals surface area contributed by atoms with Crippen molar-refractivity contribution in [3.05, 3.63) is 24.0 Å². The Morgan fingerprint density at radius 2 is 2.00 bits per heavy atom. The third-order valence-electron chi connectivity index (χ3n) is 2.67. The van der Waals surface area contributed by atoms with Crippen molar-refractivity contribution in [1.82, 2.24) is 4.98 Å². The number of aliphatic imine (C=N–C) groups is 1. The van der Waals surface area contributed by atoms with Crippen molar-refractivity contribution in [3.63, 3.8) is 0 Å². The molecule has 0 fully saturated rings. The minimum atomic E-state index is 0.128. The van der Waals surface area contributed by atoms with Gasteiger partial charge in [0.2, 0.25) is 0 Å². The van der Waals surface area contributed by atoms with Gasteiger partial charge in [-0.05, 0) is 29.6 Å². The van der Waals surface area contributed by atoms with Crippen LogP contribution in [-0.4, -0.2) is 35.2 Å². The van der Waals surface area contributed by atoms with Crippen LogP contribution in [0.3, 0.4) is 0 Å². The first-order valence-electron chi connectivity index (χ1n) is 6.00. The van der Waals surface area contributed by atoms with Gasteiger partial charge in [0.05, 0.1) is 5.69 Å². The zero-order chi connectivity index (χ0) is 12.0. The van der Waals surface area contributed by atoms with Crippen LogP contribution in [0, 0.1) is 0 Å². The van der Waals surface area contributed by atoms with E-state index in [4.69, 9.17) is 0 Å². The molecule has 0 amide bonds. The van der Waals surface area contributed by atoms with E-state index in [9.17, 15) is 0 Å². The molecule has 0 radical (unpaired) electrons. The molecule has 3 heteroatoms. The smallest absolute Gasteiger partial charge is 0.0561 e. The molecule has 0 saturated heterocycles. The second-order valence-electron chi connectivity index (χ2n) is 4.59. The van der Waals surface area contributed by atoms with Crippen LogP contribution in [-0.2, 0) is 0 Å². The zero-order valence-corrected chi connectivity index (χ0v) is 11.7. The summed E-state index contributed by atoms with van der Waals surface area (Å²) in [6.07, 6.45) is 5.12. The van der Waals surface area contributed by atoms with Crippen LogP contribution >= 0.6 is 7.92 Å². The maximum atomic E-state index is 4.48. The number of rotatable bonds is 6. The van der Waals surface area contributed by atoms with Gasteiger partial charge in [-0.25, -0.2) is 0 Å². The molecule has 0 unspecified atom stereocenters. The summed E-state index contributed by atoms with van der Waals surface area (Å²) in [6.45, 7) is 10.3. The lowest BCUT2D eigenvalue weighted by atomic mass is 10.5. The van der Waals surface area contributed by atoms with Gasteiger partial charge >= 0.3 is 0 Å². The number of aromatic nitrogens is 1. The molecule has 1 N–H and O–H groups in total. The molecule has 0 bridgehead atoms. The Hall–Kier alpha value is -0.620. The fraction of sp³-hybridized carbons (Fsp3) is 0.615. The van der Waals surface area contributed by atoms with E-state index in [-0.39, 0.29) is 7.92 Å². The molecule has 0 aromatic carbocycles. The van der Waals surface area contributed by atoms with Crippen LogP contribution < -0.4 is 0 Å². The average molecular weight is 238 g/mol. The standard InChI is InChI=1S/C13H23N2P/c1-11(2)16(12(3)4)9-8-14-10-13-6-5-7-15-13/h5-7,10-12,15H,8-9H2,1-4H3. The van der Waals surface area contributed by atoms with E-state index in [1.165, 1.54) is 6.16 Å². The topological polar surface area (TPSA) is 28.1 Å². The summed E-state index contributed by atoms with van der Waals surface area (Å²) >= 11 is 0. The first kappa shape index (κ1) is 13.4. The summed E-state index contributed by atoms with van der Waals surface area (Å²) < 4.78 is 0. The molecule has 1 heterocycles. The van der Waals surface area contributed by atoms with Gasteiger partial charge in [-0.15, -0.1) is 0 Å². The van der Waals surface area contributed by atoms with Crippen molar-refractivity contribution in [2.75, 3.05) is 12.7 Å². The molecular formula is C13H23N2P. The van der Waals surface area contributed by atoms with E-state index in [2.05, 4.69) is 37.7 Å². The molecule has 0 atom stereocenters. The highest BCUT2D eigenvalue weighted by Crippen LogP contribution is 2.45. The van der Waals surface area contributed by atoms with Gasteiger partial charge in [0.15, 0.2) is 0 Å². The van der Waals surface area contributed by atoms with Crippen molar-refractivity contribution < 1.29 is 0 Å². The number of hydrogen-bond donors (Lipinski definition) is 1. The number of H-pyrrole nitrogens is 1. The molecule has 0 saturated carbocycles. The van der Waals surface area contributed by atoms with Crippen LogP contribution in [0.5, 0.6) is 0 Å². The Morgan fingerprint density at radius 1 is 1.31 bits per heavy atom. The van der Waals surface area contributed by atoms with Crippen molar-refractivity contribution in [3.8, 4) is 0 Å². The van der Waals surface area contributed by atoms with Gasteiger partial charge in [0.25, 0.3) is 0 Å². The molecule has 1 rings (SSSR count). The first-order valence-corrected chi connectivity index (χ1v) is 7.66. The lowest BCUT2D eigenvalue weighted by molar-refractivity contribution is 0.984. The summed E-state index contributed by atoms with van der Waals surface area (Å²) in [6, 6.07) is 4.04. The van der Waals surface area contributed by atoms with E-state index in [0.717, 1.165) is 23.6 Å². The molecule has 16 heavy (non-hydrogen) atoms. The van der Waals surface area contributed by atoms with Gasteiger partial charge in [0, 0.05) is 19.0 Å². The minimum absolute atomic E-state index is 0.128. The Labute approximate surface area is 100 Å². The fourth-order valence-corrected chi connectivity index (χ4v) is 4.45.